The summed E-state index contributed by atoms with van der Waals surface area (Å²) in [5.74, 6) is 0.0602. The number of fused-ring (bicyclic) bond motifs is 1. The highest BCUT2D eigenvalue weighted by Crippen LogP contribution is 2.19. The first kappa shape index (κ1) is 19.6. The first-order valence-corrected chi connectivity index (χ1v) is 9.56. The van der Waals surface area contributed by atoms with Crippen molar-refractivity contribution in [3.8, 4) is 0 Å². The van der Waals surface area contributed by atoms with E-state index >= 15 is 0 Å². The Hall–Kier alpha value is -3.14. The molecule has 3 aromatic carbocycles. The zero-order valence-electron chi connectivity index (χ0n) is 16.3. The van der Waals surface area contributed by atoms with Gasteiger partial charge in [-0.05, 0) is 52.9 Å². The largest absolute Gasteiger partial charge is 0.462 e. The van der Waals surface area contributed by atoms with E-state index in [1.54, 1.807) is 24.3 Å². The maximum absolute atomic E-state index is 12.4. The van der Waals surface area contributed by atoms with Crippen molar-refractivity contribution >= 4 is 28.3 Å². The molecule has 4 nitrogen and oxygen atoms in total. The third-order valence-electron chi connectivity index (χ3n) is 4.56. The zero-order chi connectivity index (χ0) is 19.9. The fourth-order valence-corrected chi connectivity index (χ4v) is 2.99. The van der Waals surface area contributed by atoms with Crippen LogP contribution >= 0.6 is 0 Å². The standard InChI is InChI=1S/C24H25NO3/c1-17(2)14-15-28-24(27)19-10-12-21(13-11-19)25-23(26)16-20-8-5-7-18-6-3-4-9-22(18)20/h3-13,17H,14-16H2,1-2H3,(H,25,26). The second kappa shape index (κ2) is 9.18. The third kappa shape index (κ3) is 5.19. The van der Waals surface area contributed by atoms with Gasteiger partial charge in [0, 0.05) is 5.69 Å². The minimum absolute atomic E-state index is 0.0939. The minimum atomic E-state index is -0.339. The van der Waals surface area contributed by atoms with Crippen molar-refractivity contribution < 1.29 is 14.3 Å². The number of anilines is 1. The smallest absolute Gasteiger partial charge is 0.338 e. The Morgan fingerprint density at radius 3 is 2.39 bits per heavy atom. The van der Waals surface area contributed by atoms with Crippen molar-refractivity contribution in [2.24, 2.45) is 5.92 Å². The molecule has 1 N–H and O–H groups in total. The van der Waals surface area contributed by atoms with E-state index in [0.29, 0.717) is 30.2 Å². The second-order valence-corrected chi connectivity index (χ2v) is 7.26. The Morgan fingerprint density at radius 1 is 0.929 bits per heavy atom. The quantitative estimate of drug-likeness (QED) is 0.576. The fourth-order valence-electron chi connectivity index (χ4n) is 2.99. The van der Waals surface area contributed by atoms with Crippen LogP contribution in [0.5, 0.6) is 0 Å². The number of hydrogen-bond acceptors (Lipinski definition) is 3. The van der Waals surface area contributed by atoms with Crippen LogP contribution in [0.4, 0.5) is 5.69 Å². The molecular formula is C24H25NO3. The third-order valence-corrected chi connectivity index (χ3v) is 4.56. The summed E-state index contributed by atoms with van der Waals surface area (Å²) in [5.41, 5.74) is 2.13. The van der Waals surface area contributed by atoms with E-state index in [4.69, 9.17) is 4.74 Å². The summed E-state index contributed by atoms with van der Waals surface area (Å²) >= 11 is 0. The van der Waals surface area contributed by atoms with Crippen LogP contribution in [0.2, 0.25) is 0 Å². The summed E-state index contributed by atoms with van der Waals surface area (Å²) in [4.78, 5) is 24.5. The molecule has 0 fully saturated rings. The van der Waals surface area contributed by atoms with E-state index < -0.39 is 0 Å². The molecule has 0 aliphatic heterocycles. The van der Waals surface area contributed by atoms with Crippen molar-refractivity contribution in [1.29, 1.82) is 0 Å². The molecule has 28 heavy (non-hydrogen) atoms. The molecule has 4 heteroatoms. The van der Waals surface area contributed by atoms with Crippen LogP contribution in [-0.2, 0) is 16.0 Å². The van der Waals surface area contributed by atoms with E-state index in [9.17, 15) is 9.59 Å². The average molecular weight is 375 g/mol. The summed E-state index contributed by atoms with van der Waals surface area (Å²) < 4.78 is 5.25. The fraction of sp³-hybridized carbons (Fsp3) is 0.250. The molecule has 0 heterocycles. The molecule has 0 aliphatic carbocycles. The number of carbonyl (C=O) groups is 2. The van der Waals surface area contributed by atoms with Gasteiger partial charge in [0.2, 0.25) is 5.91 Å². The lowest BCUT2D eigenvalue weighted by Crippen LogP contribution is -2.15. The Bertz CT molecular complexity index is 956. The summed E-state index contributed by atoms with van der Waals surface area (Å²) in [5, 5.41) is 5.09. The molecular weight excluding hydrogens is 350 g/mol. The second-order valence-electron chi connectivity index (χ2n) is 7.26. The topological polar surface area (TPSA) is 55.4 Å². The molecule has 0 atom stereocenters. The van der Waals surface area contributed by atoms with Crippen molar-refractivity contribution in [3.63, 3.8) is 0 Å². The molecule has 1 amide bonds. The van der Waals surface area contributed by atoms with Gasteiger partial charge in [-0.3, -0.25) is 4.79 Å². The van der Waals surface area contributed by atoms with Crippen molar-refractivity contribution in [3.05, 3.63) is 77.9 Å². The minimum Gasteiger partial charge on any atom is -0.462 e. The highest BCUT2D eigenvalue weighted by atomic mass is 16.5. The number of carbonyl (C=O) groups excluding carboxylic acids is 2. The first-order valence-electron chi connectivity index (χ1n) is 9.56. The molecule has 0 bridgehead atoms. The van der Waals surface area contributed by atoms with E-state index in [-0.39, 0.29) is 11.9 Å². The molecule has 0 aliphatic rings. The molecule has 3 rings (SSSR count). The van der Waals surface area contributed by atoms with Crippen LogP contribution in [0.25, 0.3) is 10.8 Å². The first-order chi connectivity index (χ1) is 13.5. The predicted molar refractivity (Wildman–Crippen MR) is 112 cm³/mol. The monoisotopic (exact) mass is 375 g/mol. The van der Waals surface area contributed by atoms with Crippen LogP contribution in [0.3, 0.4) is 0 Å². The SMILES string of the molecule is CC(C)CCOC(=O)c1ccc(NC(=O)Cc2cccc3ccccc23)cc1. The van der Waals surface area contributed by atoms with Gasteiger partial charge in [0.15, 0.2) is 0 Å². The van der Waals surface area contributed by atoms with E-state index in [1.807, 2.05) is 42.5 Å². The highest BCUT2D eigenvalue weighted by molar-refractivity contribution is 5.96. The predicted octanol–water partition coefficient (Wildman–Crippen LogP) is 5.22. The van der Waals surface area contributed by atoms with Crippen molar-refractivity contribution in [1.82, 2.24) is 0 Å². The Morgan fingerprint density at radius 2 is 1.64 bits per heavy atom. The average Bonchev–Trinajstić information content (AvgIpc) is 2.68. The molecule has 0 radical (unpaired) electrons. The van der Waals surface area contributed by atoms with E-state index in [1.165, 1.54) is 0 Å². The van der Waals surface area contributed by atoms with Gasteiger partial charge in [-0.2, -0.15) is 0 Å². The van der Waals surface area contributed by atoms with E-state index in [0.717, 1.165) is 22.8 Å². The Kier molecular flexibility index (Phi) is 6.43. The normalized spacial score (nSPS) is 10.8. The van der Waals surface area contributed by atoms with Gasteiger partial charge in [0.05, 0.1) is 18.6 Å². The number of rotatable bonds is 7. The zero-order valence-corrected chi connectivity index (χ0v) is 16.3. The van der Waals surface area contributed by atoms with E-state index in [2.05, 4.69) is 19.2 Å². The number of hydrogen-bond donors (Lipinski definition) is 1. The number of nitrogens with one attached hydrogen (secondary N) is 1. The van der Waals surface area contributed by atoms with Gasteiger partial charge >= 0.3 is 5.97 Å². The summed E-state index contributed by atoms with van der Waals surface area (Å²) in [6.07, 6.45) is 1.13. The highest BCUT2D eigenvalue weighted by Gasteiger charge is 2.10. The summed E-state index contributed by atoms with van der Waals surface area (Å²) in [6, 6.07) is 20.8. The lowest BCUT2D eigenvalue weighted by atomic mass is 10.0. The van der Waals surface area contributed by atoms with Crippen LogP contribution in [0, 0.1) is 5.92 Å². The summed E-state index contributed by atoms with van der Waals surface area (Å²) in [6.45, 7) is 4.59. The summed E-state index contributed by atoms with van der Waals surface area (Å²) in [7, 11) is 0. The molecule has 0 saturated heterocycles. The van der Waals surface area contributed by atoms with Gasteiger partial charge in [-0.15, -0.1) is 0 Å². The van der Waals surface area contributed by atoms with Gasteiger partial charge in [0.25, 0.3) is 0 Å². The molecule has 0 spiro atoms. The van der Waals surface area contributed by atoms with Gasteiger partial charge in [0.1, 0.15) is 0 Å². The molecule has 3 aromatic rings. The maximum atomic E-state index is 12.4. The van der Waals surface area contributed by atoms with Gasteiger partial charge in [-0.1, -0.05) is 56.3 Å². The van der Waals surface area contributed by atoms with Crippen LogP contribution < -0.4 is 5.32 Å². The lowest BCUT2D eigenvalue weighted by molar-refractivity contribution is -0.115. The number of ether oxygens (including phenoxy) is 1. The van der Waals surface area contributed by atoms with Crippen molar-refractivity contribution in [2.75, 3.05) is 11.9 Å². The lowest BCUT2D eigenvalue weighted by Gasteiger charge is -2.09. The Balaban J connectivity index is 1.59. The number of benzene rings is 3. The van der Waals surface area contributed by atoms with Gasteiger partial charge in [-0.25, -0.2) is 4.79 Å². The maximum Gasteiger partial charge on any atom is 0.338 e. The number of esters is 1. The van der Waals surface area contributed by atoms with Crippen molar-refractivity contribution in [2.45, 2.75) is 26.7 Å². The van der Waals surface area contributed by atoms with Crippen LogP contribution in [0.15, 0.2) is 66.7 Å². The van der Waals surface area contributed by atoms with Crippen LogP contribution in [-0.4, -0.2) is 18.5 Å². The van der Waals surface area contributed by atoms with Crippen LogP contribution in [0.1, 0.15) is 36.2 Å². The van der Waals surface area contributed by atoms with Gasteiger partial charge < -0.3 is 10.1 Å². The molecule has 0 unspecified atom stereocenters. The molecule has 0 aromatic heterocycles. The number of amides is 1. The molecule has 0 saturated carbocycles. The molecule has 144 valence electrons. The Labute approximate surface area is 165 Å².